The molecule has 0 aromatic heterocycles. The van der Waals surface area contributed by atoms with E-state index in [2.05, 4.69) is 0 Å². The van der Waals surface area contributed by atoms with Crippen molar-refractivity contribution in [3.05, 3.63) is 29.3 Å². The SMILES string of the molecule is COCC1(C(=O)N2CCOc3cc(C(=O)NO)ccc3C2C)CCOCC1. The quantitative estimate of drug-likeness (QED) is 0.609. The third kappa shape index (κ3) is 3.78. The summed E-state index contributed by atoms with van der Waals surface area (Å²) in [6.45, 7) is 4.18. The number of rotatable bonds is 4. The van der Waals surface area contributed by atoms with Gasteiger partial charge in [-0.25, -0.2) is 5.48 Å². The molecule has 1 fully saturated rings. The Morgan fingerprint density at radius 3 is 2.74 bits per heavy atom. The second-order valence-electron chi connectivity index (χ2n) is 7.04. The third-order valence-corrected chi connectivity index (χ3v) is 5.47. The lowest BCUT2D eigenvalue weighted by Crippen LogP contribution is -2.50. The van der Waals surface area contributed by atoms with Crippen molar-refractivity contribution in [3.8, 4) is 5.75 Å². The molecule has 1 aromatic rings. The van der Waals surface area contributed by atoms with E-state index in [0.717, 1.165) is 5.56 Å². The largest absolute Gasteiger partial charge is 0.491 e. The summed E-state index contributed by atoms with van der Waals surface area (Å²) in [4.78, 5) is 27.0. The van der Waals surface area contributed by atoms with E-state index in [1.165, 1.54) is 0 Å². The van der Waals surface area contributed by atoms with Gasteiger partial charge in [-0.2, -0.15) is 0 Å². The predicted octanol–water partition coefficient (Wildman–Crippen LogP) is 1.53. The van der Waals surface area contributed by atoms with Crippen LogP contribution in [0, 0.1) is 5.41 Å². The average Bonchev–Trinajstić information content (AvgIpc) is 2.86. The molecular formula is C19H26N2O6. The van der Waals surface area contributed by atoms with Crippen LogP contribution < -0.4 is 10.2 Å². The molecule has 2 aliphatic heterocycles. The number of benzene rings is 1. The van der Waals surface area contributed by atoms with Crippen LogP contribution in [0.1, 0.15) is 41.7 Å². The molecule has 2 aliphatic rings. The van der Waals surface area contributed by atoms with Crippen molar-refractivity contribution in [2.45, 2.75) is 25.8 Å². The van der Waals surface area contributed by atoms with E-state index in [4.69, 9.17) is 19.4 Å². The monoisotopic (exact) mass is 378 g/mol. The molecule has 0 bridgehead atoms. The Balaban J connectivity index is 1.89. The summed E-state index contributed by atoms with van der Waals surface area (Å²) in [5.74, 6) is -0.00654. The Hall–Kier alpha value is -2.16. The van der Waals surface area contributed by atoms with Crippen LogP contribution in [-0.4, -0.2) is 62.0 Å². The number of nitrogens with one attached hydrogen (secondary N) is 1. The van der Waals surface area contributed by atoms with Gasteiger partial charge in [0.15, 0.2) is 0 Å². The molecule has 0 spiro atoms. The Morgan fingerprint density at radius 2 is 2.07 bits per heavy atom. The Kier molecular flexibility index (Phi) is 5.98. The fourth-order valence-corrected chi connectivity index (χ4v) is 3.87. The summed E-state index contributed by atoms with van der Waals surface area (Å²) in [7, 11) is 1.61. The molecule has 2 amide bonds. The highest BCUT2D eigenvalue weighted by molar-refractivity contribution is 5.94. The van der Waals surface area contributed by atoms with Gasteiger partial charge < -0.3 is 19.1 Å². The maximum Gasteiger partial charge on any atom is 0.274 e. The van der Waals surface area contributed by atoms with E-state index in [1.807, 2.05) is 11.8 Å². The third-order valence-electron chi connectivity index (χ3n) is 5.47. The number of nitrogens with zero attached hydrogens (tertiary/aromatic N) is 1. The highest BCUT2D eigenvalue weighted by atomic mass is 16.5. The van der Waals surface area contributed by atoms with Crippen molar-refractivity contribution in [2.24, 2.45) is 5.41 Å². The predicted molar refractivity (Wildman–Crippen MR) is 95.7 cm³/mol. The maximum absolute atomic E-state index is 13.5. The molecule has 148 valence electrons. The molecular weight excluding hydrogens is 352 g/mol. The van der Waals surface area contributed by atoms with E-state index in [0.29, 0.717) is 57.1 Å². The molecule has 1 aromatic carbocycles. The highest BCUT2D eigenvalue weighted by Crippen LogP contribution is 2.39. The summed E-state index contributed by atoms with van der Waals surface area (Å²) in [6.07, 6.45) is 1.26. The number of carbonyl (C=O) groups is 2. The molecule has 1 saturated heterocycles. The minimum absolute atomic E-state index is 0.0498. The van der Waals surface area contributed by atoms with Crippen LogP contribution in [0.5, 0.6) is 5.75 Å². The van der Waals surface area contributed by atoms with Crippen LogP contribution in [0.2, 0.25) is 0 Å². The summed E-state index contributed by atoms with van der Waals surface area (Å²) >= 11 is 0. The number of fused-ring (bicyclic) bond motifs is 1. The first-order valence-corrected chi connectivity index (χ1v) is 9.11. The Labute approximate surface area is 158 Å². The molecule has 3 rings (SSSR count). The number of methoxy groups -OCH3 is 1. The van der Waals surface area contributed by atoms with Crippen LogP contribution in [0.4, 0.5) is 0 Å². The van der Waals surface area contributed by atoms with Gasteiger partial charge in [0.05, 0.1) is 24.6 Å². The molecule has 8 nitrogen and oxygen atoms in total. The highest BCUT2D eigenvalue weighted by Gasteiger charge is 2.44. The van der Waals surface area contributed by atoms with E-state index in [1.54, 1.807) is 30.8 Å². The van der Waals surface area contributed by atoms with Gasteiger partial charge in [-0.3, -0.25) is 14.8 Å². The first-order chi connectivity index (χ1) is 13.0. The number of hydroxylamine groups is 1. The fraction of sp³-hybridized carbons (Fsp3) is 0.579. The summed E-state index contributed by atoms with van der Waals surface area (Å²) < 4.78 is 16.6. The van der Waals surface area contributed by atoms with Crippen LogP contribution in [0.25, 0.3) is 0 Å². The van der Waals surface area contributed by atoms with Gasteiger partial charge in [0.1, 0.15) is 12.4 Å². The molecule has 2 heterocycles. The summed E-state index contributed by atoms with van der Waals surface area (Å²) in [6, 6.07) is 4.75. The van der Waals surface area contributed by atoms with Crippen molar-refractivity contribution >= 4 is 11.8 Å². The first-order valence-electron chi connectivity index (χ1n) is 9.11. The van der Waals surface area contributed by atoms with Crippen molar-refractivity contribution in [1.82, 2.24) is 10.4 Å². The van der Waals surface area contributed by atoms with Gasteiger partial charge in [0, 0.05) is 31.5 Å². The summed E-state index contributed by atoms with van der Waals surface area (Å²) in [5, 5.41) is 8.82. The Bertz CT molecular complexity index is 696. The smallest absolute Gasteiger partial charge is 0.274 e. The molecule has 8 heteroatoms. The average molecular weight is 378 g/mol. The van der Waals surface area contributed by atoms with Crippen LogP contribution >= 0.6 is 0 Å². The first kappa shape index (κ1) is 19.6. The fourth-order valence-electron chi connectivity index (χ4n) is 3.87. The molecule has 0 radical (unpaired) electrons. The van der Waals surface area contributed by atoms with Crippen LogP contribution in [0.3, 0.4) is 0 Å². The number of hydrogen-bond donors (Lipinski definition) is 2. The van der Waals surface area contributed by atoms with Gasteiger partial charge in [0.2, 0.25) is 5.91 Å². The lowest BCUT2D eigenvalue weighted by atomic mass is 9.79. The maximum atomic E-state index is 13.5. The van der Waals surface area contributed by atoms with Crippen LogP contribution in [-0.2, 0) is 14.3 Å². The van der Waals surface area contributed by atoms with Gasteiger partial charge in [-0.05, 0) is 31.9 Å². The zero-order chi connectivity index (χ0) is 19.4. The van der Waals surface area contributed by atoms with E-state index >= 15 is 0 Å². The molecule has 0 saturated carbocycles. The van der Waals surface area contributed by atoms with Crippen molar-refractivity contribution in [1.29, 1.82) is 0 Å². The van der Waals surface area contributed by atoms with E-state index in [-0.39, 0.29) is 11.9 Å². The molecule has 1 unspecified atom stereocenters. The second kappa shape index (κ2) is 8.24. The number of carbonyl (C=O) groups excluding carboxylic acids is 2. The molecule has 2 N–H and O–H groups in total. The molecule has 27 heavy (non-hydrogen) atoms. The van der Waals surface area contributed by atoms with E-state index < -0.39 is 11.3 Å². The van der Waals surface area contributed by atoms with E-state index in [9.17, 15) is 9.59 Å². The van der Waals surface area contributed by atoms with Gasteiger partial charge in [0.25, 0.3) is 5.91 Å². The van der Waals surface area contributed by atoms with Crippen LogP contribution in [0.15, 0.2) is 18.2 Å². The van der Waals surface area contributed by atoms with Gasteiger partial charge in [-0.15, -0.1) is 0 Å². The second-order valence-corrected chi connectivity index (χ2v) is 7.04. The number of amides is 2. The normalized spacial score (nSPS) is 21.6. The minimum atomic E-state index is -0.604. The lowest BCUT2D eigenvalue weighted by Gasteiger charge is -2.40. The zero-order valence-electron chi connectivity index (χ0n) is 15.7. The van der Waals surface area contributed by atoms with Crippen molar-refractivity contribution < 1.29 is 29.0 Å². The lowest BCUT2D eigenvalue weighted by molar-refractivity contribution is -0.155. The Morgan fingerprint density at radius 1 is 1.33 bits per heavy atom. The van der Waals surface area contributed by atoms with Gasteiger partial charge in [-0.1, -0.05) is 6.07 Å². The number of ether oxygens (including phenoxy) is 3. The summed E-state index contributed by atoms with van der Waals surface area (Å²) in [5.41, 5.74) is 2.16. The van der Waals surface area contributed by atoms with Gasteiger partial charge >= 0.3 is 0 Å². The minimum Gasteiger partial charge on any atom is -0.491 e. The van der Waals surface area contributed by atoms with Crippen molar-refractivity contribution in [3.63, 3.8) is 0 Å². The molecule has 0 aliphatic carbocycles. The van der Waals surface area contributed by atoms with Crippen molar-refractivity contribution in [2.75, 3.05) is 40.1 Å². The topological polar surface area (TPSA) is 97.3 Å². The molecule has 1 atom stereocenters. The standard InChI is InChI=1S/C19H26N2O6/c1-13-15-4-3-14(17(22)20-24)11-16(15)27-10-7-21(13)18(23)19(12-25-2)5-8-26-9-6-19/h3-4,11,13,24H,5-10,12H2,1-2H3,(H,20,22). The number of hydrogen-bond acceptors (Lipinski definition) is 6. The zero-order valence-corrected chi connectivity index (χ0v) is 15.7.